The third-order valence-electron chi connectivity index (χ3n) is 2.73. The quantitative estimate of drug-likeness (QED) is 0.945. The third kappa shape index (κ3) is 2.93. The van der Waals surface area contributed by atoms with Crippen LogP contribution in [0.2, 0.25) is 5.02 Å². The van der Waals surface area contributed by atoms with Gasteiger partial charge < -0.3 is 0 Å². The number of halogens is 1. The first kappa shape index (κ1) is 14.4. The van der Waals surface area contributed by atoms with Gasteiger partial charge in [0.15, 0.2) is 0 Å². The van der Waals surface area contributed by atoms with Crippen molar-refractivity contribution in [1.29, 1.82) is 5.26 Å². The lowest BCUT2D eigenvalue weighted by molar-refractivity contribution is 0.601. The minimum absolute atomic E-state index is 0.0240. The number of para-hydroxylation sites is 1. The van der Waals surface area contributed by atoms with Crippen LogP contribution in [0.5, 0.6) is 0 Å². The second kappa shape index (κ2) is 5.53. The van der Waals surface area contributed by atoms with Gasteiger partial charge in [-0.05, 0) is 36.8 Å². The zero-order valence-electron chi connectivity index (χ0n) is 10.6. The molecule has 0 unspecified atom stereocenters. The molecule has 0 aliphatic carbocycles. The number of aryl methyl sites for hydroxylation is 1. The van der Waals surface area contributed by atoms with Gasteiger partial charge in [0, 0.05) is 0 Å². The number of hydrogen-bond donors (Lipinski definition) is 1. The predicted octanol–water partition coefficient (Wildman–Crippen LogP) is 3.32. The average Bonchev–Trinajstić information content (AvgIpc) is 2.43. The molecule has 20 heavy (non-hydrogen) atoms. The van der Waals surface area contributed by atoms with Crippen LogP contribution in [0.3, 0.4) is 0 Å². The molecule has 0 heterocycles. The number of benzene rings is 2. The molecule has 2 rings (SSSR count). The molecule has 0 aliphatic heterocycles. The van der Waals surface area contributed by atoms with E-state index in [1.807, 2.05) is 6.07 Å². The first-order chi connectivity index (χ1) is 9.44. The van der Waals surface area contributed by atoms with Gasteiger partial charge in [0.25, 0.3) is 10.0 Å². The van der Waals surface area contributed by atoms with Gasteiger partial charge in [0.1, 0.15) is 0 Å². The molecule has 0 amide bonds. The van der Waals surface area contributed by atoms with Crippen LogP contribution in [-0.4, -0.2) is 8.42 Å². The Morgan fingerprint density at radius 3 is 2.55 bits per heavy atom. The molecule has 6 heteroatoms. The maximum atomic E-state index is 12.3. The molecular weight excluding hydrogens is 296 g/mol. The molecule has 4 nitrogen and oxygen atoms in total. The van der Waals surface area contributed by atoms with Gasteiger partial charge in [-0.25, -0.2) is 8.42 Å². The topological polar surface area (TPSA) is 70.0 Å². The Hall–Kier alpha value is -2.03. The maximum Gasteiger partial charge on any atom is 0.261 e. The van der Waals surface area contributed by atoms with Gasteiger partial charge in [0.2, 0.25) is 0 Å². The van der Waals surface area contributed by atoms with Crippen molar-refractivity contribution in [1.82, 2.24) is 0 Å². The van der Waals surface area contributed by atoms with Crippen molar-refractivity contribution < 1.29 is 8.42 Å². The van der Waals surface area contributed by atoms with Crippen molar-refractivity contribution in [2.24, 2.45) is 0 Å². The van der Waals surface area contributed by atoms with Gasteiger partial charge in [-0.3, -0.25) is 4.72 Å². The minimum Gasteiger partial charge on any atom is -0.278 e. The van der Waals surface area contributed by atoms with Crippen molar-refractivity contribution in [3.8, 4) is 6.07 Å². The van der Waals surface area contributed by atoms with Gasteiger partial charge in [0.05, 0.1) is 27.2 Å². The van der Waals surface area contributed by atoms with E-state index >= 15 is 0 Å². The van der Waals surface area contributed by atoms with E-state index in [-0.39, 0.29) is 10.5 Å². The average molecular weight is 307 g/mol. The summed E-state index contributed by atoms with van der Waals surface area (Å²) >= 11 is 6.00. The Labute approximate surface area is 122 Å². The van der Waals surface area contributed by atoms with E-state index < -0.39 is 10.0 Å². The van der Waals surface area contributed by atoms with Crippen molar-refractivity contribution in [3.63, 3.8) is 0 Å². The molecule has 0 saturated heterocycles. The van der Waals surface area contributed by atoms with E-state index in [4.69, 9.17) is 16.9 Å². The monoisotopic (exact) mass is 306 g/mol. The highest BCUT2D eigenvalue weighted by atomic mass is 35.5. The van der Waals surface area contributed by atoms with Crippen LogP contribution in [0, 0.1) is 18.3 Å². The Morgan fingerprint density at radius 2 is 1.90 bits per heavy atom. The smallest absolute Gasteiger partial charge is 0.261 e. The summed E-state index contributed by atoms with van der Waals surface area (Å²) in [5.41, 5.74) is 1.35. The fourth-order valence-corrected chi connectivity index (χ4v) is 3.21. The van der Waals surface area contributed by atoms with Gasteiger partial charge >= 0.3 is 0 Å². The maximum absolute atomic E-state index is 12.3. The molecule has 2 aromatic rings. The summed E-state index contributed by atoms with van der Waals surface area (Å²) in [6.45, 7) is 1.76. The van der Waals surface area contributed by atoms with Crippen molar-refractivity contribution in [2.45, 2.75) is 11.8 Å². The van der Waals surface area contributed by atoms with E-state index in [1.165, 1.54) is 18.2 Å². The lowest BCUT2D eigenvalue weighted by atomic mass is 10.2. The number of nitrogens with one attached hydrogen (secondary N) is 1. The first-order valence-corrected chi connectivity index (χ1v) is 7.58. The fourth-order valence-electron chi connectivity index (χ4n) is 1.69. The number of nitriles is 1. The number of anilines is 1. The predicted molar refractivity (Wildman–Crippen MR) is 78.2 cm³/mol. The number of sulfonamides is 1. The van der Waals surface area contributed by atoms with Crippen LogP contribution < -0.4 is 4.72 Å². The molecule has 0 aliphatic rings. The Balaban J connectivity index is 2.44. The molecule has 0 fully saturated rings. The molecular formula is C14H11ClN2O2S. The Bertz CT molecular complexity index is 775. The summed E-state index contributed by atoms with van der Waals surface area (Å²) in [7, 11) is -3.78. The molecule has 0 bridgehead atoms. The van der Waals surface area contributed by atoms with Gasteiger partial charge in [-0.15, -0.1) is 0 Å². The van der Waals surface area contributed by atoms with Crippen LogP contribution in [0.25, 0.3) is 0 Å². The summed E-state index contributed by atoms with van der Waals surface area (Å²) in [5, 5.41) is 9.14. The molecule has 102 valence electrons. The minimum atomic E-state index is -3.78. The Kier molecular flexibility index (Phi) is 3.98. The lowest BCUT2D eigenvalue weighted by Gasteiger charge is -2.12. The van der Waals surface area contributed by atoms with Gasteiger partial charge in [-0.1, -0.05) is 29.8 Å². The van der Waals surface area contributed by atoms with Crippen LogP contribution in [0.1, 0.15) is 11.1 Å². The number of nitrogens with zero attached hydrogens (tertiary/aromatic N) is 1. The number of rotatable bonds is 3. The second-order valence-electron chi connectivity index (χ2n) is 4.18. The highest BCUT2D eigenvalue weighted by molar-refractivity contribution is 7.92. The normalized spacial score (nSPS) is 10.8. The lowest BCUT2D eigenvalue weighted by Crippen LogP contribution is -2.14. The van der Waals surface area contributed by atoms with E-state index in [0.717, 1.165) is 5.56 Å². The summed E-state index contributed by atoms with van der Waals surface area (Å²) < 4.78 is 27.0. The summed E-state index contributed by atoms with van der Waals surface area (Å²) in [5.74, 6) is 0. The molecule has 1 N–H and O–H groups in total. The largest absolute Gasteiger partial charge is 0.278 e. The van der Waals surface area contributed by atoms with E-state index in [2.05, 4.69) is 4.72 Å². The molecule has 0 spiro atoms. The van der Waals surface area contributed by atoms with Gasteiger partial charge in [-0.2, -0.15) is 5.26 Å². The summed E-state index contributed by atoms with van der Waals surface area (Å²) in [6, 6.07) is 12.8. The molecule has 0 radical (unpaired) electrons. The van der Waals surface area contributed by atoms with E-state index in [9.17, 15) is 8.42 Å². The van der Waals surface area contributed by atoms with Crippen LogP contribution >= 0.6 is 11.6 Å². The van der Waals surface area contributed by atoms with Crippen LogP contribution in [0.15, 0.2) is 47.4 Å². The molecule has 0 aromatic heterocycles. The summed E-state index contributed by atoms with van der Waals surface area (Å²) in [6.07, 6.45) is 0. The highest BCUT2D eigenvalue weighted by Gasteiger charge is 2.17. The van der Waals surface area contributed by atoms with E-state index in [0.29, 0.717) is 10.7 Å². The zero-order valence-corrected chi connectivity index (χ0v) is 12.2. The van der Waals surface area contributed by atoms with Crippen LogP contribution in [0.4, 0.5) is 5.69 Å². The molecule has 2 aromatic carbocycles. The SMILES string of the molecule is Cc1cccc(Cl)c1NS(=O)(=O)c1cccc(C#N)c1. The van der Waals surface area contributed by atoms with Crippen molar-refractivity contribution in [3.05, 3.63) is 58.6 Å². The van der Waals surface area contributed by atoms with Crippen molar-refractivity contribution in [2.75, 3.05) is 4.72 Å². The van der Waals surface area contributed by atoms with Crippen LogP contribution in [-0.2, 0) is 10.0 Å². The third-order valence-corrected chi connectivity index (χ3v) is 4.39. The Morgan fingerprint density at radius 1 is 1.20 bits per heavy atom. The highest BCUT2D eigenvalue weighted by Crippen LogP contribution is 2.27. The van der Waals surface area contributed by atoms with E-state index in [1.54, 1.807) is 31.2 Å². The van der Waals surface area contributed by atoms with Crippen molar-refractivity contribution >= 4 is 27.3 Å². The fraction of sp³-hybridized carbons (Fsp3) is 0.0714. The summed E-state index contributed by atoms with van der Waals surface area (Å²) in [4.78, 5) is 0.0240. The standard InChI is InChI=1S/C14H11ClN2O2S/c1-10-4-2-7-13(15)14(10)17-20(18,19)12-6-3-5-11(8-12)9-16/h2-8,17H,1H3. The molecule has 0 atom stereocenters. The second-order valence-corrected chi connectivity index (χ2v) is 6.27. The zero-order chi connectivity index (χ0) is 14.8. The number of hydrogen-bond acceptors (Lipinski definition) is 3. The molecule has 0 saturated carbocycles. The first-order valence-electron chi connectivity index (χ1n) is 5.72.